The summed E-state index contributed by atoms with van der Waals surface area (Å²) in [4.78, 5) is 4.65. The molecule has 0 spiro atoms. The van der Waals surface area contributed by atoms with Gasteiger partial charge >= 0.3 is 0 Å². The van der Waals surface area contributed by atoms with E-state index in [1.54, 1.807) is 0 Å². The molecule has 148 valence electrons. The van der Waals surface area contributed by atoms with Gasteiger partial charge in [0.1, 0.15) is 0 Å². The number of hydrogen-bond donors (Lipinski definition) is 3. The highest BCUT2D eigenvalue weighted by Gasteiger charge is 2.19. The van der Waals surface area contributed by atoms with Crippen molar-refractivity contribution < 1.29 is 9.84 Å². The largest absolute Gasteiger partial charge is 0.393 e. The summed E-state index contributed by atoms with van der Waals surface area (Å²) < 4.78 is 5.71. The topological polar surface area (TPSA) is 65.9 Å². The summed E-state index contributed by atoms with van der Waals surface area (Å²) in [7, 11) is 0. The van der Waals surface area contributed by atoms with E-state index >= 15 is 0 Å². The van der Waals surface area contributed by atoms with Crippen LogP contribution in [0.15, 0.2) is 4.99 Å². The van der Waals surface area contributed by atoms with E-state index in [0.717, 1.165) is 64.4 Å². The van der Waals surface area contributed by atoms with Crippen LogP contribution in [0, 0.1) is 0 Å². The third kappa shape index (κ3) is 12.2. The molecule has 0 unspecified atom stereocenters. The fourth-order valence-corrected chi connectivity index (χ4v) is 3.18. The molecular weight excluding hydrogens is 314 g/mol. The van der Waals surface area contributed by atoms with Crippen LogP contribution in [0.25, 0.3) is 0 Å². The number of nitrogens with one attached hydrogen (secondary N) is 2. The maximum absolute atomic E-state index is 9.59. The first-order valence-corrected chi connectivity index (χ1v) is 10.6. The number of aliphatic imine (C=N–C) groups is 1. The van der Waals surface area contributed by atoms with E-state index in [2.05, 4.69) is 29.5 Å². The van der Waals surface area contributed by atoms with E-state index in [-0.39, 0.29) is 6.10 Å². The van der Waals surface area contributed by atoms with E-state index in [1.807, 2.05) is 0 Å². The summed E-state index contributed by atoms with van der Waals surface area (Å²) in [5, 5.41) is 16.4. The first-order valence-electron chi connectivity index (χ1n) is 10.6. The highest BCUT2D eigenvalue weighted by Crippen LogP contribution is 2.18. The molecule has 0 saturated heterocycles. The average Bonchev–Trinajstić information content (AvgIpc) is 2.61. The summed E-state index contributed by atoms with van der Waals surface area (Å²) in [5.41, 5.74) is 0. The number of ether oxygens (including phenoxy) is 1. The predicted molar refractivity (Wildman–Crippen MR) is 106 cm³/mol. The van der Waals surface area contributed by atoms with Crippen LogP contribution >= 0.6 is 0 Å². The zero-order valence-electron chi connectivity index (χ0n) is 16.6. The van der Waals surface area contributed by atoms with E-state index in [4.69, 9.17) is 4.74 Å². The second-order valence-electron chi connectivity index (χ2n) is 7.14. The Balaban J connectivity index is 2.04. The van der Waals surface area contributed by atoms with Crippen LogP contribution in [0.4, 0.5) is 0 Å². The van der Waals surface area contributed by atoms with Gasteiger partial charge in [0.25, 0.3) is 0 Å². The number of rotatable bonds is 13. The number of unbranched alkanes of at least 4 members (excludes halogenated alkanes) is 5. The first-order chi connectivity index (χ1) is 12.3. The monoisotopic (exact) mass is 355 g/mol. The summed E-state index contributed by atoms with van der Waals surface area (Å²) >= 11 is 0. The lowest BCUT2D eigenvalue weighted by Crippen LogP contribution is -2.45. The minimum absolute atomic E-state index is 0.110. The van der Waals surface area contributed by atoms with Crippen molar-refractivity contribution in [1.82, 2.24) is 10.6 Å². The quantitative estimate of drug-likeness (QED) is 0.268. The molecule has 25 heavy (non-hydrogen) atoms. The van der Waals surface area contributed by atoms with Gasteiger partial charge in [0.15, 0.2) is 5.96 Å². The fraction of sp³-hybridized carbons (Fsp3) is 0.950. The Bertz CT molecular complexity index is 329. The van der Waals surface area contributed by atoms with Crippen molar-refractivity contribution in [2.45, 2.75) is 96.6 Å². The highest BCUT2D eigenvalue weighted by atomic mass is 16.5. The van der Waals surface area contributed by atoms with Gasteiger partial charge in [-0.2, -0.15) is 0 Å². The van der Waals surface area contributed by atoms with Gasteiger partial charge < -0.3 is 20.5 Å². The smallest absolute Gasteiger partial charge is 0.191 e. The van der Waals surface area contributed by atoms with Gasteiger partial charge in [-0.1, -0.05) is 39.0 Å². The standard InChI is InChI=1S/C20H41N3O2/c1-3-5-6-7-8-9-16-25-17-10-15-22-20(21-4-2)23-18-11-13-19(24)14-12-18/h18-19,24H,3-17H2,1-2H3,(H2,21,22,23). The zero-order chi connectivity index (χ0) is 18.2. The SMILES string of the molecule is CCCCCCCCOCCCN=C(NCC)NC1CCC(O)CC1. The van der Waals surface area contributed by atoms with Crippen LogP contribution in [0.2, 0.25) is 0 Å². The molecule has 1 fully saturated rings. The van der Waals surface area contributed by atoms with E-state index in [0.29, 0.717) is 6.04 Å². The minimum atomic E-state index is -0.110. The molecule has 5 nitrogen and oxygen atoms in total. The van der Waals surface area contributed by atoms with Gasteiger partial charge in [-0.15, -0.1) is 0 Å². The molecular formula is C20H41N3O2. The molecule has 0 aromatic rings. The van der Waals surface area contributed by atoms with Crippen LogP contribution in [0.1, 0.15) is 84.5 Å². The molecule has 1 rings (SSSR count). The molecule has 0 bridgehead atoms. The molecule has 0 heterocycles. The summed E-state index contributed by atoms with van der Waals surface area (Å²) in [5.74, 6) is 0.903. The Hall–Kier alpha value is -0.810. The van der Waals surface area contributed by atoms with Gasteiger partial charge in [-0.25, -0.2) is 0 Å². The Morgan fingerprint density at radius 3 is 2.36 bits per heavy atom. The zero-order valence-corrected chi connectivity index (χ0v) is 16.6. The number of hydrogen-bond acceptors (Lipinski definition) is 3. The van der Waals surface area contributed by atoms with Gasteiger partial charge in [-0.3, -0.25) is 4.99 Å². The lowest BCUT2D eigenvalue weighted by Gasteiger charge is -2.27. The highest BCUT2D eigenvalue weighted by molar-refractivity contribution is 5.80. The Morgan fingerprint density at radius 1 is 0.960 bits per heavy atom. The van der Waals surface area contributed by atoms with Crippen LogP contribution in [-0.4, -0.2) is 49.5 Å². The van der Waals surface area contributed by atoms with Gasteiger partial charge in [0.2, 0.25) is 0 Å². The molecule has 5 heteroatoms. The van der Waals surface area contributed by atoms with Crippen molar-refractivity contribution in [3.05, 3.63) is 0 Å². The molecule has 0 atom stereocenters. The minimum Gasteiger partial charge on any atom is -0.393 e. The van der Waals surface area contributed by atoms with Crippen molar-refractivity contribution in [2.75, 3.05) is 26.3 Å². The molecule has 0 aromatic carbocycles. The van der Waals surface area contributed by atoms with Gasteiger partial charge in [-0.05, 0) is 45.4 Å². The van der Waals surface area contributed by atoms with Crippen molar-refractivity contribution in [2.24, 2.45) is 4.99 Å². The molecule has 1 saturated carbocycles. The number of guanidine groups is 1. The lowest BCUT2D eigenvalue weighted by atomic mass is 9.93. The van der Waals surface area contributed by atoms with E-state index in [9.17, 15) is 5.11 Å². The third-order valence-electron chi connectivity index (χ3n) is 4.74. The van der Waals surface area contributed by atoms with Crippen molar-refractivity contribution in [3.8, 4) is 0 Å². The maximum Gasteiger partial charge on any atom is 0.191 e. The summed E-state index contributed by atoms with van der Waals surface area (Å²) in [6.07, 6.45) is 12.5. The lowest BCUT2D eigenvalue weighted by molar-refractivity contribution is 0.120. The van der Waals surface area contributed by atoms with Gasteiger partial charge in [0, 0.05) is 32.3 Å². The Morgan fingerprint density at radius 2 is 1.64 bits per heavy atom. The fourth-order valence-electron chi connectivity index (χ4n) is 3.18. The van der Waals surface area contributed by atoms with E-state index in [1.165, 1.54) is 38.5 Å². The second kappa shape index (κ2) is 15.4. The summed E-state index contributed by atoms with van der Waals surface area (Å²) in [6, 6.07) is 0.435. The van der Waals surface area contributed by atoms with Crippen LogP contribution in [0.3, 0.4) is 0 Å². The van der Waals surface area contributed by atoms with E-state index < -0.39 is 0 Å². The van der Waals surface area contributed by atoms with Crippen LogP contribution in [-0.2, 0) is 4.74 Å². The van der Waals surface area contributed by atoms with Crippen molar-refractivity contribution in [1.29, 1.82) is 0 Å². The van der Waals surface area contributed by atoms with Crippen molar-refractivity contribution in [3.63, 3.8) is 0 Å². The molecule has 0 radical (unpaired) electrons. The average molecular weight is 356 g/mol. The molecule has 1 aliphatic rings. The van der Waals surface area contributed by atoms with Crippen LogP contribution < -0.4 is 10.6 Å². The second-order valence-corrected chi connectivity index (χ2v) is 7.14. The predicted octanol–water partition coefficient (Wildman–Crippen LogP) is 3.61. The Kier molecular flexibility index (Phi) is 13.7. The number of aliphatic hydroxyl groups excluding tert-OH is 1. The number of nitrogens with zero attached hydrogens (tertiary/aromatic N) is 1. The van der Waals surface area contributed by atoms with Gasteiger partial charge in [0.05, 0.1) is 6.10 Å². The normalized spacial score (nSPS) is 21.3. The van der Waals surface area contributed by atoms with Crippen molar-refractivity contribution >= 4 is 5.96 Å². The number of aliphatic hydroxyl groups is 1. The molecule has 1 aliphatic carbocycles. The molecule has 0 aliphatic heterocycles. The summed E-state index contributed by atoms with van der Waals surface area (Å²) in [6.45, 7) is 7.69. The maximum atomic E-state index is 9.59. The molecule has 3 N–H and O–H groups in total. The molecule has 0 amide bonds. The first kappa shape index (κ1) is 22.2. The third-order valence-corrected chi connectivity index (χ3v) is 4.74. The molecule has 0 aromatic heterocycles. The Labute approximate surface area is 155 Å². The van der Waals surface area contributed by atoms with Crippen LogP contribution in [0.5, 0.6) is 0 Å².